The monoisotopic (exact) mass is 422 g/mol. The van der Waals surface area contributed by atoms with Gasteiger partial charge < -0.3 is 10.6 Å². The predicted octanol–water partition coefficient (Wildman–Crippen LogP) is 4.12. The fourth-order valence-electron chi connectivity index (χ4n) is 2.56. The quantitative estimate of drug-likeness (QED) is 0.557. The smallest absolute Gasteiger partial charge is 0.344 e. The lowest BCUT2D eigenvalue weighted by atomic mass is 9.92. The molecule has 1 fully saturated rings. The molecule has 0 saturated carbocycles. The van der Waals surface area contributed by atoms with Gasteiger partial charge in [-0.15, -0.1) is 0 Å². The van der Waals surface area contributed by atoms with Crippen LogP contribution in [0.5, 0.6) is 0 Å². The molecule has 4 nitrogen and oxygen atoms in total. The summed E-state index contributed by atoms with van der Waals surface area (Å²) in [6, 6.07) is -1.88. The molecule has 13 heteroatoms. The van der Waals surface area contributed by atoms with E-state index in [1.807, 2.05) is 0 Å². The fraction of sp³-hybridized carbons (Fsp3) is 0.467. The normalized spacial score (nSPS) is 21.2. The van der Waals surface area contributed by atoms with E-state index < -0.39 is 72.0 Å². The zero-order valence-electron chi connectivity index (χ0n) is 13.5. The summed E-state index contributed by atoms with van der Waals surface area (Å²) in [5, 5.41) is 3.30. The Kier molecular flexibility index (Phi) is 5.59. The molecule has 1 aromatic rings. The molecule has 1 aromatic carbocycles. The van der Waals surface area contributed by atoms with Gasteiger partial charge in [-0.3, -0.25) is 9.59 Å². The van der Waals surface area contributed by atoms with Crippen LogP contribution in [-0.2, 0) is 21.9 Å². The maximum absolute atomic E-state index is 12.8. The van der Waals surface area contributed by atoms with Crippen LogP contribution in [0.3, 0.4) is 0 Å². The second-order valence-electron chi connectivity index (χ2n) is 6.02. The first-order valence-electron chi connectivity index (χ1n) is 7.56. The van der Waals surface area contributed by atoms with E-state index in [1.54, 1.807) is 10.6 Å². The third-order valence-electron chi connectivity index (χ3n) is 3.94. The highest BCUT2D eigenvalue weighted by molar-refractivity contribution is 6.07. The molecule has 1 aliphatic heterocycles. The minimum atomic E-state index is -5.15. The molecule has 1 aliphatic rings. The van der Waals surface area contributed by atoms with Crippen molar-refractivity contribution < 1.29 is 49.1 Å². The summed E-state index contributed by atoms with van der Waals surface area (Å²) >= 11 is 0. The number of carbonyl (C=O) groups excluding carboxylic acids is 2. The van der Waals surface area contributed by atoms with Gasteiger partial charge in [0.05, 0.1) is 11.1 Å². The maximum Gasteiger partial charge on any atom is 0.416 e. The van der Waals surface area contributed by atoms with Gasteiger partial charge >= 0.3 is 18.5 Å². The van der Waals surface area contributed by atoms with Crippen LogP contribution >= 0.6 is 0 Å². The standard InChI is InChI=1S/C15H11F9N2O2/c16-13(17,18)6-3-7(14(19,20)21)5-8(4-6)25-11(27)9-1-2-10(15(22,23)24)26-12(9)28/h3-5,9-10H,1-2H2,(H,25,27)(H,26,28)/t9-,10+/m1/s1. The summed E-state index contributed by atoms with van der Waals surface area (Å²) < 4.78 is 114. The van der Waals surface area contributed by atoms with Crippen LogP contribution in [0.15, 0.2) is 18.2 Å². The van der Waals surface area contributed by atoms with Crippen LogP contribution in [0.1, 0.15) is 24.0 Å². The van der Waals surface area contributed by atoms with Crippen LogP contribution < -0.4 is 10.6 Å². The van der Waals surface area contributed by atoms with Gasteiger partial charge in [-0.05, 0) is 31.0 Å². The first-order chi connectivity index (χ1) is 12.6. The van der Waals surface area contributed by atoms with Crippen molar-refractivity contribution >= 4 is 17.5 Å². The van der Waals surface area contributed by atoms with Gasteiger partial charge in [-0.25, -0.2) is 0 Å². The zero-order chi connectivity index (χ0) is 21.5. The summed E-state index contributed by atoms with van der Waals surface area (Å²) in [6.07, 6.45) is -16.3. The highest BCUT2D eigenvalue weighted by Gasteiger charge is 2.46. The molecule has 2 atom stereocenters. The van der Waals surface area contributed by atoms with Gasteiger partial charge in [0, 0.05) is 5.69 Å². The Bertz CT molecular complexity index is 736. The summed E-state index contributed by atoms with van der Waals surface area (Å²) in [4.78, 5) is 23.7. The molecule has 2 rings (SSSR count). The lowest BCUT2D eigenvalue weighted by Crippen LogP contribution is -2.53. The molecule has 0 aliphatic carbocycles. The van der Waals surface area contributed by atoms with E-state index in [0.29, 0.717) is 0 Å². The van der Waals surface area contributed by atoms with Crippen LogP contribution in [0.4, 0.5) is 45.2 Å². The number of alkyl halides is 9. The van der Waals surface area contributed by atoms with Crippen molar-refractivity contribution in [3.8, 4) is 0 Å². The molecule has 1 heterocycles. The average molecular weight is 422 g/mol. The average Bonchev–Trinajstić information content (AvgIpc) is 2.51. The van der Waals surface area contributed by atoms with Crippen molar-refractivity contribution in [1.29, 1.82) is 0 Å². The lowest BCUT2D eigenvalue weighted by Gasteiger charge is -2.29. The van der Waals surface area contributed by atoms with Crippen molar-refractivity contribution in [3.05, 3.63) is 29.3 Å². The molecule has 28 heavy (non-hydrogen) atoms. The molecule has 2 amide bonds. The topological polar surface area (TPSA) is 58.2 Å². The minimum Gasteiger partial charge on any atom is -0.344 e. The summed E-state index contributed by atoms with van der Waals surface area (Å²) in [5.74, 6) is -4.33. The zero-order valence-corrected chi connectivity index (χ0v) is 13.5. The summed E-state index contributed by atoms with van der Waals surface area (Å²) in [5.41, 5.74) is -4.27. The van der Waals surface area contributed by atoms with E-state index in [9.17, 15) is 49.1 Å². The molecular weight excluding hydrogens is 411 g/mol. The van der Waals surface area contributed by atoms with Crippen LogP contribution in [-0.4, -0.2) is 24.0 Å². The van der Waals surface area contributed by atoms with Crippen molar-refractivity contribution in [3.63, 3.8) is 0 Å². The molecule has 156 valence electrons. The SMILES string of the molecule is O=C(Nc1cc(C(F)(F)F)cc(C(F)(F)F)c1)[C@H]1CC[C@@H](C(F)(F)F)NC1=O. The number of rotatable bonds is 2. The highest BCUT2D eigenvalue weighted by Crippen LogP contribution is 2.38. The van der Waals surface area contributed by atoms with Crippen LogP contribution in [0.2, 0.25) is 0 Å². The molecule has 0 aromatic heterocycles. The molecular formula is C15H11F9N2O2. The molecule has 0 unspecified atom stereocenters. The second-order valence-corrected chi connectivity index (χ2v) is 6.02. The van der Waals surface area contributed by atoms with E-state index in [-0.39, 0.29) is 18.2 Å². The highest BCUT2D eigenvalue weighted by atomic mass is 19.4. The second kappa shape index (κ2) is 7.17. The number of hydrogen-bond acceptors (Lipinski definition) is 2. The van der Waals surface area contributed by atoms with Gasteiger partial charge in [0.1, 0.15) is 12.0 Å². The number of anilines is 1. The largest absolute Gasteiger partial charge is 0.416 e. The van der Waals surface area contributed by atoms with Crippen molar-refractivity contribution in [1.82, 2.24) is 5.32 Å². The third kappa shape index (κ3) is 5.07. The fourth-order valence-corrected chi connectivity index (χ4v) is 2.56. The number of piperidine rings is 1. The number of carbonyl (C=O) groups is 2. The summed E-state index contributed by atoms with van der Waals surface area (Å²) in [6.45, 7) is 0. The van der Waals surface area contributed by atoms with Gasteiger partial charge in [0.15, 0.2) is 0 Å². The van der Waals surface area contributed by atoms with E-state index in [2.05, 4.69) is 0 Å². The van der Waals surface area contributed by atoms with Crippen molar-refractivity contribution in [2.24, 2.45) is 5.92 Å². The van der Waals surface area contributed by atoms with Crippen LogP contribution in [0, 0.1) is 5.92 Å². The van der Waals surface area contributed by atoms with E-state index in [1.165, 1.54) is 0 Å². The first kappa shape index (κ1) is 21.8. The summed E-state index contributed by atoms with van der Waals surface area (Å²) in [7, 11) is 0. The van der Waals surface area contributed by atoms with Crippen molar-refractivity contribution in [2.45, 2.75) is 37.4 Å². The molecule has 0 spiro atoms. The lowest BCUT2D eigenvalue weighted by molar-refractivity contribution is -0.170. The number of benzene rings is 1. The Hall–Kier alpha value is -2.47. The number of hydrogen-bond donors (Lipinski definition) is 2. The number of nitrogens with one attached hydrogen (secondary N) is 2. The molecule has 0 bridgehead atoms. The van der Waals surface area contributed by atoms with E-state index in [4.69, 9.17) is 0 Å². The van der Waals surface area contributed by atoms with Crippen molar-refractivity contribution in [2.75, 3.05) is 5.32 Å². The number of halogens is 9. The van der Waals surface area contributed by atoms with Gasteiger partial charge in [-0.2, -0.15) is 39.5 Å². The Morgan fingerprint density at radius 2 is 1.39 bits per heavy atom. The Balaban J connectivity index is 2.23. The number of amides is 2. The Morgan fingerprint density at radius 1 is 0.893 bits per heavy atom. The molecule has 1 saturated heterocycles. The van der Waals surface area contributed by atoms with Gasteiger partial charge in [-0.1, -0.05) is 0 Å². The van der Waals surface area contributed by atoms with E-state index in [0.717, 1.165) is 0 Å². The third-order valence-corrected chi connectivity index (χ3v) is 3.94. The first-order valence-corrected chi connectivity index (χ1v) is 7.56. The predicted molar refractivity (Wildman–Crippen MR) is 75.8 cm³/mol. The Labute approximate surface area is 151 Å². The minimum absolute atomic E-state index is 0.156. The Morgan fingerprint density at radius 3 is 1.79 bits per heavy atom. The maximum atomic E-state index is 12.8. The van der Waals surface area contributed by atoms with E-state index >= 15 is 0 Å². The van der Waals surface area contributed by atoms with Crippen LogP contribution in [0.25, 0.3) is 0 Å². The molecule has 0 radical (unpaired) electrons. The van der Waals surface area contributed by atoms with Gasteiger partial charge in [0.2, 0.25) is 11.8 Å². The van der Waals surface area contributed by atoms with Gasteiger partial charge in [0.25, 0.3) is 0 Å². The molecule has 2 N–H and O–H groups in total.